The van der Waals surface area contributed by atoms with Gasteiger partial charge in [0.25, 0.3) is 0 Å². The summed E-state index contributed by atoms with van der Waals surface area (Å²) in [5, 5.41) is 2.60. The molecule has 2 aliphatic rings. The maximum Gasteiger partial charge on any atom is 0.0752 e. The molecule has 2 aliphatic carbocycles. The highest BCUT2D eigenvalue weighted by molar-refractivity contribution is 5.96. The largest absolute Gasteiger partial charge is 0.256 e. The molecular weight excluding hydrogens is 398 g/mol. The van der Waals surface area contributed by atoms with Crippen molar-refractivity contribution in [3.63, 3.8) is 0 Å². The summed E-state index contributed by atoms with van der Waals surface area (Å²) in [5.74, 6) is 0. The smallest absolute Gasteiger partial charge is 0.0752 e. The lowest BCUT2D eigenvalue weighted by molar-refractivity contribution is 0.331. The topological polar surface area (TPSA) is 12.9 Å². The van der Waals surface area contributed by atoms with E-state index in [1.807, 2.05) is 6.20 Å². The first-order valence-corrected chi connectivity index (χ1v) is 12.2. The summed E-state index contributed by atoms with van der Waals surface area (Å²) in [5.41, 5.74) is 12.6. The number of hydrogen-bond donors (Lipinski definition) is 0. The molecule has 1 nitrogen and oxygen atoms in total. The van der Waals surface area contributed by atoms with E-state index in [9.17, 15) is 0 Å². The van der Waals surface area contributed by atoms with E-state index in [0.29, 0.717) is 0 Å². The van der Waals surface area contributed by atoms with Crippen LogP contribution in [0.4, 0.5) is 0 Å². The van der Waals surface area contributed by atoms with Gasteiger partial charge in [-0.1, -0.05) is 77.9 Å². The standard InChI is InChI=1S/C32H33N/c1-19-22(18-30(2,3)4)12-13-23-24-14-15-33-29-25-16-20-10-8-9-11-21(20)17-26(25)31(5,6)32(7,27(19)23)28(24)29/h8-17H,18H2,1-7H3. The summed E-state index contributed by atoms with van der Waals surface area (Å²) in [6.07, 6.45) is 3.10. The Hall–Kier alpha value is -2.93. The van der Waals surface area contributed by atoms with Crippen molar-refractivity contribution in [2.75, 3.05) is 0 Å². The molecule has 0 aliphatic heterocycles. The molecule has 0 radical (unpaired) electrons. The van der Waals surface area contributed by atoms with Crippen molar-refractivity contribution in [3.8, 4) is 22.4 Å². The first kappa shape index (κ1) is 20.7. The summed E-state index contributed by atoms with van der Waals surface area (Å²) >= 11 is 0. The molecular formula is C32H33N. The molecule has 0 N–H and O–H groups in total. The Bertz CT molecular complexity index is 1460. The lowest BCUT2D eigenvalue weighted by Gasteiger charge is -2.49. The Morgan fingerprint density at radius 3 is 2.15 bits per heavy atom. The third-order valence-corrected chi connectivity index (χ3v) is 8.60. The van der Waals surface area contributed by atoms with E-state index >= 15 is 0 Å². The number of aromatic nitrogens is 1. The summed E-state index contributed by atoms with van der Waals surface area (Å²) in [6.45, 7) is 16.7. The monoisotopic (exact) mass is 431 g/mol. The molecule has 1 aromatic heterocycles. The van der Waals surface area contributed by atoms with E-state index in [1.165, 1.54) is 61.0 Å². The molecule has 1 atom stereocenters. The predicted octanol–water partition coefficient (Wildman–Crippen LogP) is 8.38. The van der Waals surface area contributed by atoms with E-state index in [-0.39, 0.29) is 16.2 Å². The molecule has 6 rings (SSSR count). The van der Waals surface area contributed by atoms with E-state index in [1.54, 1.807) is 0 Å². The predicted molar refractivity (Wildman–Crippen MR) is 140 cm³/mol. The second-order valence-electron chi connectivity index (χ2n) is 12.1. The molecule has 0 saturated heterocycles. The van der Waals surface area contributed by atoms with Gasteiger partial charge in [-0.3, -0.25) is 4.98 Å². The SMILES string of the molecule is Cc1c(CC(C)(C)C)ccc2c1C1(C)c3c-2ccnc3-c2cc3ccccc3cc2C1(C)C. The summed E-state index contributed by atoms with van der Waals surface area (Å²) in [7, 11) is 0. The van der Waals surface area contributed by atoms with Crippen molar-refractivity contribution in [2.45, 2.75) is 65.7 Å². The van der Waals surface area contributed by atoms with Crippen LogP contribution >= 0.6 is 0 Å². The van der Waals surface area contributed by atoms with Crippen molar-refractivity contribution in [1.82, 2.24) is 4.98 Å². The zero-order chi connectivity index (χ0) is 23.3. The fourth-order valence-corrected chi connectivity index (χ4v) is 6.76. The number of benzene rings is 3. The molecule has 0 saturated carbocycles. The van der Waals surface area contributed by atoms with E-state index in [4.69, 9.17) is 4.98 Å². The van der Waals surface area contributed by atoms with Gasteiger partial charge in [-0.05, 0) is 86.7 Å². The van der Waals surface area contributed by atoms with Gasteiger partial charge in [0, 0.05) is 22.6 Å². The Kier molecular flexibility index (Phi) is 3.97. The molecule has 0 fully saturated rings. The fourth-order valence-electron chi connectivity index (χ4n) is 6.76. The zero-order valence-corrected chi connectivity index (χ0v) is 20.9. The molecule has 4 aromatic rings. The highest BCUT2D eigenvalue weighted by Gasteiger charge is 2.56. The number of rotatable bonds is 1. The third kappa shape index (κ3) is 2.57. The van der Waals surface area contributed by atoms with Gasteiger partial charge in [0.1, 0.15) is 0 Å². The number of fused-ring (bicyclic) bond motifs is 6. The van der Waals surface area contributed by atoms with Crippen LogP contribution in [0.5, 0.6) is 0 Å². The highest BCUT2D eigenvalue weighted by atomic mass is 14.7. The van der Waals surface area contributed by atoms with Crippen LogP contribution in [-0.4, -0.2) is 4.98 Å². The molecule has 166 valence electrons. The molecule has 0 spiro atoms. The first-order valence-electron chi connectivity index (χ1n) is 12.2. The minimum atomic E-state index is -0.130. The Labute approximate surface area is 197 Å². The lowest BCUT2D eigenvalue weighted by atomic mass is 9.53. The van der Waals surface area contributed by atoms with Crippen LogP contribution < -0.4 is 0 Å². The molecule has 33 heavy (non-hydrogen) atoms. The van der Waals surface area contributed by atoms with Gasteiger partial charge in [0.05, 0.1) is 5.69 Å². The quantitative estimate of drug-likeness (QED) is 0.295. The molecule has 0 bridgehead atoms. The second-order valence-corrected chi connectivity index (χ2v) is 12.1. The maximum atomic E-state index is 5.02. The second kappa shape index (κ2) is 6.35. The Morgan fingerprint density at radius 1 is 0.788 bits per heavy atom. The van der Waals surface area contributed by atoms with Gasteiger partial charge in [0.2, 0.25) is 0 Å². The average molecular weight is 432 g/mol. The Balaban J connectivity index is 1.72. The summed E-state index contributed by atoms with van der Waals surface area (Å²) in [4.78, 5) is 5.02. The van der Waals surface area contributed by atoms with Crippen LogP contribution in [0.3, 0.4) is 0 Å². The van der Waals surface area contributed by atoms with Crippen molar-refractivity contribution < 1.29 is 0 Å². The first-order chi connectivity index (χ1) is 15.5. The Morgan fingerprint density at radius 2 is 1.45 bits per heavy atom. The zero-order valence-electron chi connectivity index (χ0n) is 20.9. The fraction of sp³-hybridized carbons (Fsp3) is 0.344. The molecule has 1 heteroatoms. The van der Waals surface area contributed by atoms with Gasteiger partial charge in [-0.2, -0.15) is 0 Å². The number of nitrogens with zero attached hydrogens (tertiary/aromatic N) is 1. The van der Waals surface area contributed by atoms with Gasteiger partial charge >= 0.3 is 0 Å². The van der Waals surface area contributed by atoms with Crippen LogP contribution in [0.2, 0.25) is 0 Å². The summed E-state index contributed by atoms with van der Waals surface area (Å²) in [6, 6.07) is 20.5. The van der Waals surface area contributed by atoms with E-state index in [0.717, 1.165) is 6.42 Å². The average Bonchev–Trinajstić information content (AvgIpc) is 3.04. The van der Waals surface area contributed by atoms with Crippen LogP contribution in [0.1, 0.15) is 69.4 Å². The number of hydrogen-bond acceptors (Lipinski definition) is 1. The molecule has 3 aromatic carbocycles. The lowest BCUT2D eigenvalue weighted by Crippen LogP contribution is -2.46. The highest BCUT2D eigenvalue weighted by Crippen LogP contribution is 2.64. The molecule has 0 amide bonds. The van der Waals surface area contributed by atoms with Crippen LogP contribution in [0.25, 0.3) is 33.2 Å². The van der Waals surface area contributed by atoms with Crippen molar-refractivity contribution >= 4 is 10.8 Å². The van der Waals surface area contributed by atoms with Crippen molar-refractivity contribution in [2.24, 2.45) is 5.41 Å². The summed E-state index contributed by atoms with van der Waals surface area (Å²) < 4.78 is 0. The van der Waals surface area contributed by atoms with Crippen LogP contribution in [0, 0.1) is 12.3 Å². The van der Waals surface area contributed by atoms with Crippen molar-refractivity contribution in [1.29, 1.82) is 0 Å². The van der Waals surface area contributed by atoms with Gasteiger partial charge in [-0.25, -0.2) is 0 Å². The van der Waals surface area contributed by atoms with Gasteiger partial charge in [0.15, 0.2) is 0 Å². The van der Waals surface area contributed by atoms with Crippen LogP contribution in [0.15, 0.2) is 60.8 Å². The minimum Gasteiger partial charge on any atom is -0.256 e. The molecule has 1 unspecified atom stereocenters. The van der Waals surface area contributed by atoms with Crippen molar-refractivity contribution in [3.05, 3.63) is 88.6 Å². The molecule has 1 heterocycles. The third-order valence-electron chi connectivity index (χ3n) is 8.60. The van der Waals surface area contributed by atoms with Gasteiger partial charge in [-0.15, -0.1) is 0 Å². The minimum absolute atomic E-state index is 0.0759. The normalized spacial score (nSPS) is 19.8. The van der Waals surface area contributed by atoms with E-state index < -0.39 is 0 Å². The van der Waals surface area contributed by atoms with Gasteiger partial charge < -0.3 is 0 Å². The number of pyridine rings is 1. The maximum absolute atomic E-state index is 5.02. The van der Waals surface area contributed by atoms with Crippen LogP contribution in [-0.2, 0) is 17.3 Å². The van der Waals surface area contributed by atoms with E-state index in [2.05, 4.69) is 103 Å².